The maximum atomic E-state index is 11.1. The van der Waals surface area contributed by atoms with Gasteiger partial charge in [0.15, 0.2) is 0 Å². The zero-order valence-corrected chi connectivity index (χ0v) is 8.79. The predicted octanol–water partition coefficient (Wildman–Crippen LogP) is 2.48. The minimum absolute atomic E-state index is 0.181. The van der Waals surface area contributed by atoms with Gasteiger partial charge in [0.05, 0.1) is 11.1 Å². The van der Waals surface area contributed by atoms with Crippen LogP contribution >= 0.6 is 0 Å². The van der Waals surface area contributed by atoms with E-state index in [2.05, 4.69) is 10.2 Å². The van der Waals surface area contributed by atoms with E-state index in [1.165, 1.54) is 6.07 Å². The fraction of sp³-hybridized carbons (Fsp3) is 0. The molecular weight excluding hydrogens is 216 g/mol. The Morgan fingerprint density at radius 3 is 2.53 bits per heavy atom. The van der Waals surface area contributed by atoms with Crippen LogP contribution in [0.1, 0.15) is 10.4 Å². The van der Waals surface area contributed by atoms with E-state index < -0.39 is 5.97 Å². The Labute approximate surface area is 96.5 Å². The van der Waals surface area contributed by atoms with E-state index in [0.717, 1.165) is 16.3 Å². The molecule has 0 amide bonds. The second-order valence-electron chi connectivity index (χ2n) is 3.72. The molecule has 82 valence electrons. The summed E-state index contributed by atoms with van der Waals surface area (Å²) >= 11 is 0. The Balaban J connectivity index is 2.52. The summed E-state index contributed by atoms with van der Waals surface area (Å²) in [5.74, 6) is -0.986. The molecule has 0 atom stereocenters. The number of rotatable bonds is 1. The van der Waals surface area contributed by atoms with Gasteiger partial charge < -0.3 is 5.11 Å². The zero-order chi connectivity index (χ0) is 11.8. The maximum Gasteiger partial charge on any atom is 0.337 e. The van der Waals surface area contributed by atoms with E-state index in [9.17, 15) is 4.79 Å². The summed E-state index contributed by atoms with van der Waals surface area (Å²) in [6.07, 6.45) is 0. The first-order chi connectivity index (χ1) is 8.27. The van der Waals surface area contributed by atoms with Crippen molar-refractivity contribution in [3.8, 4) is 0 Å². The first kappa shape index (κ1) is 9.72. The first-order valence-electron chi connectivity index (χ1n) is 5.15. The molecule has 0 unspecified atom stereocenters. The quantitative estimate of drug-likeness (QED) is 0.645. The van der Waals surface area contributed by atoms with Crippen LogP contribution in [-0.2, 0) is 0 Å². The van der Waals surface area contributed by atoms with Crippen LogP contribution in [0.3, 0.4) is 0 Å². The molecule has 0 saturated carbocycles. The van der Waals surface area contributed by atoms with Crippen LogP contribution in [0.4, 0.5) is 0 Å². The lowest BCUT2D eigenvalue weighted by Gasteiger charge is -2.03. The highest BCUT2D eigenvalue weighted by Crippen LogP contribution is 2.23. The van der Waals surface area contributed by atoms with E-state index in [0.29, 0.717) is 5.52 Å². The predicted molar refractivity (Wildman–Crippen MR) is 64.0 cm³/mol. The number of aromatic nitrogens is 2. The molecule has 0 aliphatic carbocycles. The number of carboxylic acid groups (broad SMARTS) is 1. The number of aromatic carboxylic acids is 1. The molecule has 0 spiro atoms. The van der Waals surface area contributed by atoms with Crippen molar-refractivity contribution in [2.45, 2.75) is 0 Å². The molecule has 3 aromatic rings. The van der Waals surface area contributed by atoms with E-state index in [1.807, 2.05) is 30.3 Å². The van der Waals surface area contributed by atoms with Crippen molar-refractivity contribution < 1.29 is 9.90 Å². The third-order valence-corrected chi connectivity index (χ3v) is 2.72. The van der Waals surface area contributed by atoms with Gasteiger partial charge in [-0.3, -0.25) is 0 Å². The fourth-order valence-electron chi connectivity index (χ4n) is 1.93. The summed E-state index contributed by atoms with van der Waals surface area (Å²) in [6, 6.07) is 12.7. The highest BCUT2D eigenvalue weighted by atomic mass is 16.4. The molecule has 1 aromatic heterocycles. The molecule has 0 saturated heterocycles. The topological polar surface area (TPSA) is 63.1 Å². The molecule has 1 N–H and O–H groups in total. The number of carboxylic acids is 1. The van der Waals surface area contributed by atoms with Gasteiger partial charge in [0.1, 0.15) is 5.52 Å². The average molecular weight is 224 g/mol. The van der Waals surface area contributed by atoms with Crippen molar-refractivity contribution >= 4 is 27.8 Å². The molecular formula is C13H8N2O2. The van der Waals surface area contributed by atoms with E-state index in [1.54, 1.807) is 6.07 Å². The zero-order valence-electron chi connectivity index (χ0n) is 8.79. The van der Waals surface area contributed by atoms with Gasteiger partial charge in [-0.05, 0) is 12.1 Å². The van der Waals surface area contributed by atoms with Crippen molar-refractivity contribution in [2.75, 3.05) is 0 Å². The number of benzene rings is 2. The molecule has 0 aliphatic rings. The summed E-state index contributed by atoms with van der Waals surface area (Å²) in [5, 5.41) is 18.9. The minimum atomic E-state index is -0.986. The minimum Gasteiger partial charge on any atom is -0.478 e. The van der Waals surface area contributed by atoms with Gasteiger partial charge in [0.25, 0.3) is 0 Å². The molecule has 0 radical (unpaired) electrons. The van der Waals surface area contributed by atoms with Crippen molar-refractivity contribution in [1.82, 2.24) is 10.2 Å². The van der Waals surface area contributed by atoms with Crippen LogP contribution < -0.4 is 0 Å². The second-order valence-corrected chi connectivity index (χ2v) is 3.72. The van der Waals surface area contributed by atoms with Gasteiger partial charge in [0, 0.05) is 10.8 Å². The van der Waals surface area contributed by atoms with Gasteiger partial charge in [-0.1, -0.05) is 30.3 Å². The van der Waals surface area contributed by atoms with E-state index in [-0.39, 0.29) is 5.56 Å². The Bertz CT molecular complexity index is 738. The molecule has 0 aliphatic heterocycles. The van der Waals surface area contributed by atoms with Crippen LogP contribution in [0.15, 0.2) is 42.5 Å². The van der Waals surface area contributed by atoms with Gasteiger partial charge in [-0.2, -0.15) is 0 Å². The van der Waals surface area contributed by atoms with Gasteiger partial charge in [0.2, 0.25) is 0 Å². The molecule has 4 heteroatoms. The van der Waals surface area contributed by atoms with Crippen molar-refractivity contribution in [1.29, 1.82) is 0 Å². The smallest absolute Gasteiger partial charge is 0.337 e. The lowest BCUT2D eigenvalue weighted by molar-refractivity contribution is 0.0699. The summed E-state index contributed by atoms with van der Waals surface area (Å²) in [4.78, 5) is 11.1. The number of hydrogen-bond acceptors (Lipinski definition) is 3. The summed E-state index contributed by atoms with van der Waals surface area (Å²) < 4.78 is 0. The van der Waals surface area contributed by atoms with Gasteiger partial charge >= 0.3 is 5.97 Å². The highest BCUT2D eigenvalue weighted by molar-refractivity contribution is 6.10. The van der Waals surface area contributed by atoms with Gasteiger partial charge in [-0.15, -0.1) is 10.2 Å². The number of nitrogens with zero attached hydrogens (tertiary/aromatic N) is 2. The van der Waals surface area contributed by atoms with E-state index >= 15 is 0 Å². The van der Waals surface area contributed by atoms with Crippen LogP contribution in [0.5, 0.6) is 0 Å². The Morgan fingerprint density at radius 2 is 1.71 bits per heavy atom. The molecule has 4 nitrogen and oxygen atoms in total. The summed E-state index contributed by atoms with van der Waals surface area (Å²) in [6.45, 7) is 0. The van der Waals surface area contributed by atoms with Crippen LogP contribution in [-0.4, -0.2) is 21.3 Å². The third-order valence-electron chi connectivity index (χ3n) is 2.72. The molecule has 0 fully saturated rings. The summed E-state index contributed by atoms with van der Waals surface area (Å²) in [7, 11) is 0. The largest absolute Gasteiger partial charge is 0.478 e. The standard InChI is InChI=1S/C13H8N2O2/c16-13(17)10-6-3-5-9-8-4-1-2-7-11(8)14-15-12(9)10/h1-7H,(H,16,17). The second kappa shape index (κ2) is 3.52. The lowest BCUT2D eigenvalue weighted by atomic mass is 10.1. The van der Waals surface area contributed by atoms with Crippen LogP contribution in [0, 0.1) is 0 Å². The van der Waals surface area contributed by atoms with Crippen LogP contribution in [0.2, 0.25) is 0 Å². The number of carbonyl (C=O) groups is 1. The summed E-state index contributed by atoms with van der Waals surface area (Å²) in [5.41, 5.74) is 1.38. The van der Waals surface area contributed by atoms with E-state index in [4.69, 9.17) is 5.11 Å². The monoisotopic (exact) mass is 224 g/mol. The third kappa shape index (κ3) is 1.42. The number of hydrogen-bond donors (Lipinski definition) is 1. The highest BCUT2D eigenvalue weighted by Gasteiger charge is 2.11. The molecule has 1 heterocycles. The Kier molecular flexibility index (Phi) is 2.01. The van der Waals surface area contributed by atoms with Crippen molar-refractivity contribution in [2.24, 2.45) is 0 Å². The maximum absolute atomic E-state index is 11.1. The Morgan fingerprint density at radius 1 is 0.941 bits per heavy atom. The Hall–Kier alpha value is -2.49. The van der Waals surface area contributed by atoms with Crippen molar-refractivity contribution in [3.63, 3.8) is 0 Å². The molecule has 3 rings (SSSR count). The van der Waals surface area contributed by atoms with Gasteiger partial charge in [-0.25, -0.2) is 4.79 Å². The van der Waals surface area contributed by atoms with Crippen LogP contribution in [0.25, 0.3) is 21.8 Å². The SMILES string of the molecule is O=C(O)c1cccc2c1nnc1ccccc12. The lowest BCUT2D eigenvalue weighted by Crippen LogP contribution is -2.00. The average Bonchev–Trinajstić information content (AvgIpc) is 2.37. The first-order valence-corrected chi connectivity index (χ1v) is 5.15. The normalized spacial score (nSPS) is 10.8. The number of fused-ring (bicyclic) bond motifs is 3. The molecule has 17 heavy (non-hydrogen) atoms. The molecule has 0 bridgehead atoms. The fourth-order valence-corrected chi connectivity index (χ4v) is 1.93. The van der Waals surface area contributed by atoms with Crippen molar-refractivity contribution in [3.05, 3.63) is 48.0 Å². The molecule has 2 aromatic carbocycles.